The number of benzene rings is 2. The first-order chi connectivity index (χ1) is 12.1. The molecule has 138 valence electrons. The molecule has 0 saturated carbocycles. The Labute approximate surface area is 160 Å². The molecule has 0 aliphatic rings. The Morgan fingerprint density at radius 1 is 0.962 bits per heavy atom. The fraction of sp³-hybridized carbons (Fsp3) is 0.211. The zero-order chi connectivity index (χ0) is 17.5. The molecule has 1 N–H and O–H groups in total. The van der Waals surface area contributed by atoms with Gasteiger partial charge >= 0.3 is 0 Å². The zero-order valence-corrected chi connectivity index (χ0v) is 15.9. The predicted molar refractivity (Wildman–Crippen MR) is 106 cm³/mol. The molecule has 0 atom stereocenters. The summed E-state index contributed by atoms with van der Waals surface area (Å²) in [5, 5.41) is 3.20. The fourth-order valence-corrected chi connectivity index (χ4v) is 3.86. The number of hydrogen-bond acceptors (Lipinski definition) is 4. The topological polar surface area (TPSA) is 64.0 Å². The van der Waals surface area contributed by atoms with Crippen LogP contribution >= 0.6 is 12.4 Å². The van der Waals surface area contributed by atoms with Crippen LogP contribution in [0.15, 0.2) is 73.3 Å². The van der Waals surface area contributed by atoms with Gasteiger partial charge in [-0.3, -0.25) is 0 Å². The van der Waals surface area contributed by atoms with Gasteiger partial charge in [-0.1, -0.05) is 42.5 Å². The lowest BCUT2D eigenvalue weighted by Gasteiger charge is -2.08. The summed E-state index contributed by atoms with van der Waals surface area (Å²) in [5.74, 6) is 0.226. The van der Waals surface area contributed by atoms with Crippen molar-refractivity contribution in [2.24, 2.45) is 0 Å². The molecule has 0 radical (unpaired) electrons. The SMILES string of the molecule is Cl.O=S(=O)(CCNCc1ccc(-n2ccnc2)cc1)Cc1ccccc1. The van der Waals surface area contributed by atoms with Gasteiger partial charge in [-0.2, -0.15) is 0 Å². The third-order valence-electron chi connectivity index (χ3n) is 3.89. The molecule has 1 aromatic heterocycles. The number of nitrogens with zero attached hydrogens (tertiary/aromatic N) is 2. The predicted octanol–water partition coefficient (Wildman–Crippen LogP) is 3.00. The van der Waals surface area contributed by atoms with Crippen molar-refractivity contribution in [3.8, 4) is 5.69 Å². The first-order valence-corrected chi connectivity index (χ1v) is 9.97. The lowest BCUT2D eigenvalue weighted by Crippen LogP contribution is -2.23. The Balaban J connectivity index is 0.00000243. The molecule has 7 heteroatoms. The average Bonchev–Trinajstić information content (AvgIpc) is 3.14. The highest BCUT2D eigenvalue weighted by Gasteiger charge is 2.11. The first-order valence-electron chi connectivity index (χ1n) is 8.15. The number of halogens is 1. The molecule has 3 rings (SSSR count). The maximum atomic E-state index is 12.1. The molecule has 0 saturated heterocycles. The van der Waals surface area contributed by atoms with E-state index in [4.69, 9.17) is 0 Å². The van der Waals surface area contributed by atoms with Crippen LogP contribution in [0.1, 0.15) is 11.1 Å². The van der Waals surface area contributed by atoms with Crippen LogP contribution in [0, 0.1) is 0 Å². The molecule has 0 unspecified atom stereocenters. The van der Waals surface area contributed by atoms with E-state index in [0.717, 1.165) is 16.8 Å². The lowest BCUT2D eigenvalue weighted by atomic mass is 10.2. The standard InChI is InChI=1S/C19H21N3O2S.ClH/c23-25(24,15-18-4-2-1-3-5-18)13-11-20-14-17-6-8-19(9-7-17)22-12-10-21-16-22;/h1-10,12,16,20H,11,13-15H2;1H. The summed E-state index contributed by atoms with van der Waals surface area (Å²) >= 11 is 0. The third-order valence-corrected chi connectivity index (χ3v) is 5.49. The smallest absolute Gasteiger partial charge is 0.155 e. The van der Waals surface area contributed by atoms with Crippen molar-refractivity contribution in [1.29, 1.82) is 0 Å². The van der Waals surface area contributed by atoms with Crippen LogP contribution in [-0.4, -0.2) is 30.3 Å². The molecular weight excluding hydrogens is 370 g/mol. The molecule has 1 heterocycles. The fourth-order valence-electron chi connectivity index (χ4n) is 2.56. The normalized spacial score (nSPS) is 11.1. The summed E-state index contributed by atoms with van der Waals surface area (Å²) in [5.41, 5.74) is 2.99. The van der Waals surface area contributed by atoms with E-state index in [9.17, 15) is 8.42 Å². The second kappa shape index (κ2) is 9.52. The highest BCUT2D eigenvalue weighted by molar-refractivity contribution is 7.90. The number of rotatable bonds is 8. The zero-order valence-electron chi connectivity index (χ0n) is 14.3. The molecular formula is C19H22ClN3O2S. The van der Waals surface area contributed by atoms with Crippen LogP contribution in [0.5, 0.6) is 0 Å². The molecule has 0 bridgehead atoms. The van der Waals surface area contributed by atoms with Crippen molar-refractivity contribution in [3.05, 3.63) is 84.4 Å². The molecule has 0 aliphatic carbocycles. The van der Waals surface area contributed by atoms with Crippen molar-refractivity contribution in [2.75, 3.05) is 12.3 Å². The number of sulfone groups is 1. The van der Waals surface area contributed by atoms with Gasteiger partial charge in [-0.25, -0.2) is 13.4 Å². The van der Waals surface area contributed by atoms with E-state index in [0.29, 0.717) is 13.1 Å². The Kier molecular flexibility index (Phi) is 7.38. The molecule has 0 amide bonds. The van der Waals surface area contributed by atoms with E-state index in [2.05, 4.69) is 10.3 Å². The van der Waals surface area contributed by atoms with E-state index in [1.807, 2.05) is 65.4 Å². The monoisotopic (exact) mass is 391 g/mol. The minimum atomic E-state index is -3.10. The van der Waals surface area contributed by atoms with Gasteiger partial charge in [0, 0.05) is 31.2 Å². The number of hydrogen-bond donors (Lipinski definition) is 1. The second-order valence-corrected chi connectivity index (χ2v) is 8.07. The summed E-state index contributed by atoms with van der Waals surface area (Å²) in [6, 6.07) is 17.4. The quantitative estimate of drug-likeness (QED) is 0.599. The van der Waals surface area contributed by atoms with Crippen molar-refractivity contribution in [1.82, 2.24) is 14.9 Å². The second-order valence-electron chi connectivity index (χ2n) is 5.89. The molecule has 26 heavy (non-hydrogen) atoms. The van der Waals surface area contributed by atoms with Crippen LogP contribution in [-0.2, 0) is 22.1 Å². The Morgan fingerprint density at radius 3 is 2.35 bits per heavy atom. The van der Waals surface area contributed by atoms with Gasteiger partial charge in [0.15, 0.2) is 9.84 Å². The summed E-state index contributed by atoms with van der Waals surface area (Å²) in [7, 11) is -3.10. The van der Waals surface area contributed by atoms with Crippen LogP contribution in [0.3, 0.4) is 0 Å². The molecule has 0 fully saturated rings. The third kappa shape index (κ3) is 5.98. The van der Waals surface area contributed by atoms with Gasteiger partial charge in [0.05, 0.1) is 17.8 Å². The average molecular weight is 392 g/mol. The number of nitrogens with one attached hydrogen (secondary N) is 1. The van der Waals surface area contributed by atoms with Gasteiger partial charge in [-0.15, -0.1) is 12.4 Å². The van der Waals surface area contributed by atoms with Crippen molar-refractivity contribution in [2.45, 2.75) is 12.3 Å². The Morgan fingerprint density at radius 2 is 1.69 bits per heavy atom. The first kappa shape index (κ1) is 20.2. The summed E-state index contributed by atoms with van der Waals surface area (Å²) < 4.78 is 26.2. The van der Waals surface area contributed by atoms with Gasteiger partial charge < -0.3 is 9.88 Å². The minimum Gasteiger partial charge on any atom is -0.312 e. The summed E-state index contributed by atoms with van der Waals surface area (Å²) in [6.45, 7) is 1.09. The highest BCUT2D eigenvalue weighted by Crippen LogP contribution is 2.09. The van der Waals surface area contributed by atoms with E-state index >= 15 is 0 Å². The van der Waals surface area contributed by atoms with Crippen LogP contribution in [0.4, 0.5) is 0 Å². The van der Waals surface area contributed by atoms with Crippen molar-refractivity contribution >= 4 is 22.2 Å². The van der Waals surface area contributed by atoms with Crippen LogP contribution in [0.25, 0.3) is 5.69 Å². The number of aromatic nitrogens is 2. The van der Waals surface area contributed by atoms with Crippen LogP contribution in [0.2, 0.25) is 0 Å². The molecule has 2 aromatic carbocycles. The van der Waals surface area contributed by atoms with Crippen molar-refractivity contribution in [3.63, 3.8) is 0 Å². The molecule has 5 nitrogen and oxygen atoms in total. The molecule has 3 aromatic rings. The Bertz CT molecular complexity index is 880. The maximum Gasteiger partial charge on any atom is 0.155 e. The Hall–Kier alpha value is -2.15. The lowest BCUT2D eigenvalue weighted by molar-refractivity contribution is 0.590. The minimum absolute atomic E-state index is 0. The van der Waals surface area contributed by atoms with E-state index in [-0.39, 0.29) is 23.9 Å². The summed E-state index contributed by atoms with van der Waals surface area (Å²) in [4.78, 5) is 4.03. The van der Waals surface area contributed by atoms with E-state index in [1.54, 1.807) is 12.5 Å². The van der Waals surface area contributed by atoms with Gasteiger partial charge in [0.1, 0.15) is 0 Å². The van der Waals surface area contributed by atoms with Gasteiger partial charge in [-0.05, 0) is 23.3 Å². The molecule has 0 aliphatic heterocycles. The highest BCUT2D eigenvalue weighted by atomic mass is 35.5. The number of imidazole rings is 1. The van der Waals surface area contributed by atoms with Crippen LogP contribution < -0.4 is 5.32 Å². The summed E-state index contributed by atoms with van der Waals surface area (Å²) in [6.07, 6.45) is 5.39. The van der Waals surface area contributed by atoms with Gasteiger partial charge in [0.2, 0.25) is 0 Å². The largest absolute Gasteiger partial charge is 0.312 e. The molecule has 0 spiro atoms. The van der Waals surface area contributed by atoms with E-state index in [1.165, 1.54) is 0 Å². The van der Waals surface area contributed by atoms with Crippen molar-refractivity contribution < 1.29 is 8.42 Å². The maximum absolute atomic E-state index is 12.1. The van der Waals surface area contributed by atoms with Gasteiger partial charge in [0.25, 0.3) is 0 Å². The van der Waals surface area contributed by atoms with E-state index < -0.39 is 9.84 Å².